The zero-order chi connectivity index (χ0) is 24.1. The fourth-order valence-electron chi connectivity index (χ4n) is 4.29. The molecule has 4 aromatic rings. The fraction of sp³-hybridized carbons (Fsp3) is 0.226. The van der Waals surface area contributed by atoms with Crippen LogP contribution in [0, 0.1) is 17.5 Å². The van der Waals surface area contributed by atoms with E-state index in [-0.39, 0.29) is 16.7 Å². The van der Waals surface area contributed by atoms with Crippen LogP contribution in [0.25, 0.3) is 33.4 Å². The van der Waals surface area contributed by atoms with Crippen LogP contribution in [0.3, 0.4) is 0 Å². The van der Waals surface area contributed by atoms with E-state index in [1.54, 1.807) is 18.2 Å². The lowest BCUT2D eigenvalue weighted by Crippen LogP contribution is -1.96. The van der Waals surface area contributed by atoms with Crippen LogP contribution in [0.5, 0.6) is 0 Å². The molecule has 0 fully saturated rings. The first-order valence-electron chi connectivity index (χ1n) is 12.0. The van der Waals surface area contributed by atoms with Gasteiger partial charge in [-0.1, -0.05) is 99.5 Å². The van der Waals surface area contributed by atoms with E-state index in [0.717, 1.165) is 36.0 Å². The molecule has 0 heterocycles. The van der Waals surface area contributed by atoms with Gasteiger partial charge in [-0.25, -0.2) is 13.2 Å². The van der Waals surface area contributed by atoms with Gasteiger partial charge in [-0.05, 0) is 53.1 Å². The normalized spacial score (nSPS) is 11.1. The predicted molar refractivity (Wildman–Crippen MR) is 135 cm³/mol. The van der Waals surface area contributed by atoms with E-state index < -0.39 is 17.5 Å². The highest BCUT2D eigenvalue weighted by atomic mass is 19.2. The van der Waals surface area contributed by atoms with Crippen LogP contribution in [-0.2, 0) is 12.8 Å². The van der Waals surface area contributed by atoms with Crippen molar-refractivity contribution in [2.45, 2.75) is 46.0 Å². The van der Waals surface area contributed by atoms with Gasteiger partial charge in [0, 0.05) is 16.7 Å². The van der Waals surface area contributed by atoms with E-state index in [1.807, 2.05) is 19.1 Å². The summed E-state index contributed by atoms with van der Waals surface area (Å²) >= 11 is 0. The SMILES string of the molecule is CCCCc1ccc(-c2ccc(-c3ccc(-c4ccc(CCC)cc4F)c(F)c3F)cc2)cc1. The number of benzene rings is 4. The van der Waals surface area contributed by atoms with E-state index in [9.17, 15) is 8.78 Å². The molecule has 0 radical (unpaired) electrons. The van der Waals surface area contributed by atoms with E-state index in [0.29, 0.717) is 5.56 Å². The number of hydrogen-bond acceptors (Lipinski definition) is 0. The molecule has 174 valence electrons. The lowest BCUT2D eigenvalue weighted by Gasteiger charge is -2.11. The number of unbranched alkanes of at least 4 members (excludes halogenated alkanes) is 1. The van der Waals surface area contributed by atoms with Crippen molar-refractivity contribution in [1.29, 1.82) is 0 Å². The third kappa shape index (κ3) is 5.09. The minimum Gasteiger partial charge on any atom is -0.206 e. The maximum atomic E-state index is 15.0. The Labute approximate surface area is 200 Å². The quantitative estimate of drug-likeness (QED) is 0.247. The third-order valence-electron chi connectivity index (χ3n) is 6.25. The Kier molecular flexibility index (Phi) is 7.52. The first-order chi connectivity index (χ1) is 16.5. The molecule has 0 atom stereocenters. The van der Waals surface area contributed by atoms with Gasteiger partial charge in [0.25, 0.3) is 0 Å². The summed E-state index contributed by atoms with van der Waals surface area (Å²) in [5.41, 5.74) is 4.99. The summed E-state index contributed by atoms with van der Waals surface area (Å²) in [7, 11) is 0. The van der Waals surface area contributed by atoms with E-state index in [2.05, 4.69) is 31.2 Å². The molecule has 0 N–H and O–H groups in total. The topological polar surface area (TPSA) is 0 Å². The number of halogens is 3. The fourth-order valence-corrected chi connectivity index (χ4v) is 4.29. The van der Waals surface area contributed by atoms with Crippen molar-refractivity contribution in [3.63, 3.8) is 0 Å². The lowest BCUT2D eigenvalue weighted by atomic mass is 9.95. The van der Waals surface area contributed by atoms with Crippen LogP contribution in [0.4, 0.5) is 13.2 Å². The van der Waals surface area contributed by atoms with Gasteiger partial charge in [-0.2, -0.15) is 0 Å². The molecule has 34 heavy (non-hydrogen) atoms. The molecular weight excluding hydrogens is 429 g/mol. The van der Waals surface area contributed by atoms with Crippen LogP contribution >= 0.6 is 0 Å². The summed E-state index contributed by atoms with van der Waals surface area (Å²) in [4.78, 5) is 0. The predicted octanol–water partition coefficient (Wildman–Crippen LogP) is 9.40. The van der Waals surface area contributed by atoms with Crippen LogP contribution in [-0.4, -0.2) is 0 Å². The average Bonchev–Trinajstić information content (AvgIpc) is 2.86. The molecule has 0 saturated carbocycles. The van der Waals surface area contributed by atoms with Crippen molar-refractivity contribution in [2.24, 2.45) is 0 Å². The molecule has 0 nitrogen and oxygen atoms in total. The maximum absolute atomic E-state index is 15.0. The molecule has 4 rings (SSSR count). The lowest BCUT2D eigenvalue weighted by molar-refractivity contribution is 0.513. The van der Waals surface area contributed by atoms with Gasteiger partial charge in [-0.15, -0.1) is 0 Å². The largest absolute Gasteiger partial charge is 0.206 e. The van der Waals surface area contributed by atoms with Gasteiger partial charge in [0.2, 0.25) is 0 Å². The Morgan fingerprint density at radius 3 is 1.65 bits per heavy atom. The average molecular weight is 459 g/mol. The Balaban J connectivity index is 1.59. The molecule has 0 aromatic heterocycles. The van der Waals surface area contributed by atoms with Crippen molar-refractivity contribution < 1.29 is 13.2 Å². The second kappa shape index (κ2) is 10.7. The maximum Gasteiger partial charge on any atom is 0.167 e. The first-order valence-corrected chi connectivity index (χ1v) is 12.0. The van der Waals surface area contributed by atoms with Gasteiger partial charge in [0.15, 0.2) is 11.6 Å². The van der Waals surface area contributed by atoms with Crippen LogP contribution in [0.15, 0.2) is 78.9 Å². The summed E-state index contributed by atoms with van der Waals surface area (Å²) in [6.07, 6.45) is 5.04. The Hall–Kier alpha value is -3.33. The van der Waals surface area contributed by atoms with Gasteiger partial charge in [-0.3, -0.25) is 0 Å². The summed E-state index contributed by atoms with van der Waals surface area (Å²) in [6, 6.07) is 23.5. The summed E-state index contributed by atoms with van der Waals surface area (Å²) in [5, 5.41) is 0. The molecule has 3 heteroatoms. The number of aryl methyl sites for hydroxylation is 2. The zero-order valence-electron chi connectivity index (χ0n) is 19.7. The molecule has 0 saturated heterocycles. The van der Waals surface area contributed by atoms with Crippen molar-refractivity contribution >= 4 is 0 Å². The van der Waals surface area contributed by atoms with Crippen molar-refractivity contribution in [3.8, 4) is 33.4 Å². The Bertz CT molecular complexity index is 1260. The van der Waals surface area contributed by atoms with E-state index >= 15 is 4.39 Å². The first kappa shape index (κ1) is 23.8. The monoisotopic (exact) mass is 458 g/mol. The number of rotatable bonds is 8. The van der Waals surface area contributed by atoms with Gasteiger partial charge in [0.05, 0.1) is 0 Å². The molecule has 4 aromatic carbocycles. The molecule has 0 amide bonds. The van der Waals surface area contributed by atoms with Crippen molar-refractivity contribution in [1.82, 2.24) is 0 Å². The smallest absolute Gasteiger partial charge is 0.167 e. The highest BCUT2D eigenvalue weighted by Gasteiger charge is 2.18. The number of hydrogen-bond donors (Lipinski definition) is 0. The third-order valence-corrected chi connectivity index (χ3v) is 6.25. The van der Waals surface area contributed by atoms with Gasteiger partial charge < -0.3 is 0 Å². The molecule has 0 bridgehead atoms. The van der Waals surface area contributed by atoms with Crippen LogP contribution < -0.4 is 0 Å². The van der Waals surface area contributed by atoms with Gasteiger partial charge >= 0.3 is 0 Å². The van der Waals surface area contributed by atoms with E-state index in [4.69, 9.17) is 0 Å². The van der Waals surface area contributed by atoms with Crippen molar-refractivity contribution in [3.05, 3.63) is 107 Å². The summed E-state index contributed by atoms with van der Waals surface area (Å²) in [6.45, 7) is 4.19. The zero-order valence-corrected chi connectivity index (χ0v) is 19.7. The molecule has 0 spiro atoms. The van der Waals surface area contributed by atoms with Crippen molar-refractivity contribution in [2.75, 3.05) is 0 Å². The van der Waals surface area contributed by atoms with Crippen LogP contribution in [0.1, 0.15) is 44.2 Å². The molecular formula is C31H29F3. The minimum atomic E-state index is -1.04. The summed E-state index contributed by atoms with van der Waals surface area (Å²) < 4.78 is 44.6. The van der Waals surface area contributed by atoms with Crippen LogP contribution in [0.2, 0.25) is 0 Å². The standard InChI is InChI=1S/C31H29F3/c1-3-5-7-21-8-11-23(12-9-21)24-13-15-25(16-14-24)26-18-19-28(31(34)30(26)33)27-17-10-22(6-4-2)20-29(27)32/h8-20H,3-7H2,1-2H3. The molecule has 0 unspecified atom stereocenters. The highest BCUT2D eigenvalue weighted by Crippen LogP contribution is 2.34. The Morgan fingerprint density at radius 2 is 1.03 bits per heavy atom. The molecule has 0 aliphatic rings. The summed E-state index contributed by atoms with van der Waals surface area (Å²) in [5.74, 6) is -2.55. The van der Waals surface area contributed by atoms with Gasteiger partial charge in [0.1, 0.15) is 5.82 Å². The molecule has 0 aliphatic heterocycles. The second-order valence-electron chi connectivity index (χ2n) is 8.73. The minimum absolute atomic E-state index is 0.0680. The van der Waals surface area contributed by atoms with E-state index in [1.165, 1.54) is 42.7 Å². The Morgan fingerprint density at radius 1 is 0.500 bits per heavy atom. The molecule has 0 aliphatic carbocycles. The highest BCUT2D eigenvalue weighted by molar-refractivity contribution is 5.74. The second-order valence-corrected chi connectivity index (χ2v) is 8.73.